The van der Waals surface area contributed by atoms with Gasteiger partial charge in [0.15, 0.2) is 0 Å². The van der Waals surface area contributed by atoms with Crippen LogP contribution >= 0.6 is 11.8 Å². The molecule has 1 aromatic carbocycles. The summed E-state index contributed by atoms with van der Waals surface area (Å²) in [6, 6.07) is 7.91. The summed E-state index contributed by atoms with van der Waals surface area (Å²) in [5.41, 5.74) is 1.75. The van der Waals surface area contributed by atoms with Crippen molar-refractivity contribution in [1.29, 1.82) is 0 Å². The van der Waals surface area contributed by atoms with Gasteiger partial charge in [-0.05, 0) is 24.5 Å². The second-order valence-electron chi connectivity index (χ2n) is 7.41. The van der Waals surface area contributed by atoms with E-state index in [1.807, 2.05) is 30.0 Å². The number of hydrogen-bond acceptors (Lipinski definition) is 5. The molecule has 0 saturated carbocycles. The van der Waals surface area contributed by atoms with E-state index in [9.17, 15) is 9.59 Å². The van der Waals surface area contributed by atoms with Crippen LogP contribution in [0.25, 0.3) is 0 Å². The Morgan fingerprint density at radius 2 is 1.93 bits per heavy atom. The van der Waals surface area contributed by atoms with Crippen molar-refractivity contribution < 1.29 is 4.79 Å². The molecule has 1 aromatic heterocycles. The van der Waals surface area contributed by atoms with Crippen LogP contribution in [0.3, 0.4) is 0 Å². The van der Waals surface area contributed by atoms with Crippen LogP contribution in [0.5, 0.6) is 0 Å². The third-order valence-electron chi connectivity index (χ3n) is 5.36. The predicted octanol–water partition coefficient (Wildman–Crippen LogP) is 1.96. The normalized spacial score (nSPS) is 17.7. The summed E-state index contributed by atoms with van der Waals surface area (Å²) in [6.45, 7) is 3.63. The highest BCUT2D eigenvalue weighted by Gasteiger charge is 2.18. The van der Waals surface area contributed by atoms with Crippen molar-refractivity contribution in [3.63, 3.8) is 0 Å². The standard InChI is InChI=1S/C20H27N5O2S/c26-19(15-25-20(27)24-9-5-1-2-8-18(24)22-25)21-17-7-4-3-6-16(17)14-23-10-12-28-13-11-23/h3-4,6-7H,1-2,5,8-15H2,(H,21,26). The van der Waals surface area contributed by atoms with Gasteiger partial charge in [-0.1, -0.05) is 24.6 Å². The molecule has 0 atom stereocenters. The molecule has 0 aliphatic carbocycles. The van der Waals surface area contributed by atoms with Gasteiger partial charge in [0.05, 0.1) is 0 Å². The third-order valence-corrected chi connectivity index (χ3v) is 6.31. The monoisotopic (exact) mass is 401 g/mol. The Bertz CT molecular complexity index is 885. The van der Waals surface area contributed by atoms with Crippen molar-refractivity contribution in [3.8, 4) is 0 Å². The number of nitrogens with zero attached hydrogens (tertiary/aromatic N) is 4. The second-order valence-corrected chi connectivity index (χ2v) is 8.64. The summed E-state index contributed by atoms with van der Waals surface area (Å²) in [4.78, 5) is 27.6. The van der Waals surface area contributed by atoms with Gasteiger partial charge in [0.2, 0.25) is 5.91 Å². The molecule has 0 spiro atoms. The lowest BCUT2D eigenvalue weighted by molar-refractivity contribution is -0.117. The molecule has 150 valence electrons. The Labute approximate surface area is 169 Å². The molecule has 2 aliphatic heterocycles. The number of aryl methyl sites for hydroxylation is 1. The van der Waals surface area contributed by atoms with Crippen molar-refractivity contribution in [3.05, 3.63) is 46.1 Å². The van der Waals surface area contributed by atoms with E-state index in [0.717, 1.165) is 73.9 Å². The molecule has 1 N–H and O–H groups in total. The summed E-state index contributed by atoms with van der Waals surface area (Å²) < 4.78 is 3.03. The lowest BCUT2D eigenvalue weighted by Crippen LogP contribution is -2.33. The number of carbonyl (C=O) groups excluding carboxylic acids is 1. The molecular formula is C20H27N5O2S. The number of hydrogen-bond donors (Lipinski definition) is 1. The van der Waals surface area contributed by atoms with Crippen molar-refractivity contribution in [2.75, 3.05) is 29.9 Å². The molecule has 2 aliphatic rings. The average molecular weight is 402 g/mol. The van der Waals surface area contributed by atoms with Crippen LogP contribution in [0, 0.1) is 0 Å². The van der Waals surface area contributed by atoms with Crippen molar-refractivity contribution >= 4 is 23.4 Å². The maximum absolute atomic E-state index is 12.6. The van der Waals surface area contributed by atoms with E-state index in [1.54, 1.807) is 4.57 Å². The number of aromatic nitrogens is 3. The summed E-state index contributed by atoms with van der Waals surface area (Å²) >= 11 is 1.99. The van der Waals surface area contributed by atoms with Crippen LogP contribution in [-0.2, 0) is 30.8 Å². The number of nitrogens with one attached hydrogen (secondary N) is 1. The molecule has 0 bridgehead atoms. The number of carbonyl (C=O) groups is 1. The highest BCUT2D eigenvalue weighted by molar-refractivity contribution is 7.99. The minimum absolute atomic E-state index is 0.0481. The molecule has 2 aromatic rings. The maximum atomic E-state index is 12.6. The van der Waals surface area contributed by atoms with Crippen LogP contribution in [0.4, 0.5) is 5.69 Å². The summed E-state index contributed by atoms with van der Waals surface area (Å²) in [6.07, 6.45) is 3.97. The Kier molecular flexibility index (Phi) is 6.17. The Morgan fingerprint density at radius 3 is 2.79 bits per heavy atom. The molecule has 1 saturated heterocycles. The number of rotatable bonds is 5. The minimum Gasteiger partial charge on any atom is -0.324 e. The molecule has 8 heteroatoms. The number of fused-ring (bicyclic) bond motifs is 1. The fraction of sp³-hybridized carbons (Fsp3) is 0.550. The highest BCUT2D eigenvalue weighted by Crippen LogP contribution is 2.19. The van der Waals surface area contributed by atoms with E-state index < -0.39 is 0 Å². The zero-order chi connectivity index (χ0) is 19.3. The lowest BCUT2D eigenvalue weighted by Gasteiger charge is -2.27. The van der Waals surface area contributed by atoms with E-state index in [-0.39, 0.29) is 18.1 Å². The average Bonchev–Trinajstić information content (AvgIpc) is 2.86. The van der Waals surface area contributed by atoms with Gasteiger partial charge in [-0.2, -0.15) is 16.9 Å². The largest absolute Gasteiger partial charge is 0.346 e. The number of para-hydroxylation sites is 1. The van der Waals surface area contributed by atoms with Crippen molar-refractivity contribution in [2.24, 2.45) is 0 Å². The van der Waals surface area contributed by atoms with Gasteiger partial charge in [-0.15, -0.1) is 0 Å². The first-order valence-corrected chi connectivity index (χ1v) is 11.2. The zero-order valence-electron chi connectivity index (χ0n) is 16.1. The molecule has 1 fully saturated rings. The van der Waals surface area contributed by atoms with E-state index in [1.165, 1.54) is 4.68 Å². The van der Waals surface area contributed by atoms with Crippen molar-refractivity contribution in [2.45, 2.75) is 45.3 Å². The minimum atomic E-state index is -0.211. The fourth-order valence-corrected chi connectivity index (χ4v) is 4.81. The van der Waals surface area contributed by atoms with E-state index >= 15 is 0 Å². The quantitative estimate of drug-likeness (QED) is 0.829. The third kappa shape index (κ3) is 4.50. The molecule has 0 unspecified atom stereocenters. The first-order valence-electron chi connectivity index (χ1n) is 10.0. The van der Waals surface area contributed by atoms with Crippen LogP contribution in [0.2, 0.25) is 0 Å². The van der Waals surface area contributed by atoms with Gasteiger partial charge in [-0.25, -0.2) is 9.48 Å². The van der Waals surface area contributed by atoms with Gasteiger partial charge in [0.25, 0.3) is 0 Å². The van der Waals surface area contributed by atoms with Crippen LogP contribution in [-0.4, -0.2) is 49.7 Å². The molecule has 4 rings (SSSR count). The van der Waals surface area contributed by atoms with Crippen LogP contribution in [0.1, 0.15) is 30.7 Å². The zero-order valence-corrected chi connectivity index (χ0v) is 16.9. The molecule has 1 amide bonds. The van der Waals surface area contributed by atoms with Gasteiger partial charge < -0.3 is 5.32 Å². The van der Waals surface area contributed by atoms with E-state index in [2.05, 4.69) is 21.4 Å². The van der Waals surface area contributed by atoms with Gasteiger partial charge in [0.1, 0.15) is 12.4 Å². The first-order chi connectivity index (χ1) is 13.7. The Balaban J connectivity index is 1.44. The number of benzene rings is 1. The van der Waals surface area contributed by atoms with Crippen molar-refractivity contribution in [1.82, 2.24) is 19.2 Å². The van der Waals surface area contributed by atoms with E-state index in [0.29, 0.717) is 6.54 Å². The number of thioether (sulfide) groups is 1. The topological polar surface area (TPSA) is 72.2 Å². The predicted molar refractivity (Wildman–Crippen MR) is 112 cm³/mol. The second kappa shape index (κ2) is 8.96. The van der Waals surface area contributed by atoms with Gasteiger partial charge >= 0.3 is 5.69 Å². The SMILES string of the molecule is O=C(Cn1nc2n(c1=O)CCCCC2)Nc1ccccc1CN1CCSCC1. The lowest BCUT2D eigenvalue weighted by atomic mass is 10.1. The van der Waals surface area contributed by atoms with Crippen LogP contribution in [0.15, 0.2) is 29.1 Å². The Morgan fingerprint density at radius 1 is 1.11 bits per heavy atom. The number of anilines is 1. The summed E-state index contributed by atoms with van der Waals surface area (Å²) in [5.74, 6) is 2.90. The maximum Gasteiger partial charge on any atom is 0.346 e. The molecule has 28 heavy (non-hydrogen) atoms. The highest BCUT2D eigenvalue weighted by atomic mass is 32.2. The van der Waals surface area contributed by atoms with Gasteiger partial charge in [-0.3, -0.25) is 14.3 Å². The summed E-state index contributed by atoms with van der Waals surface area (Å²) in [7, 11) is 0. The molecule has 7 nitrogen and oxygen atoms in total. The molecule has 3 heterocycles. The Hall–Kier alpha value is -2.06. The fourth-order valence-electron chi connectivity index (χ4n) is 3.83. The smallest absolute Gasteiger partial charge is 0.324 e. The van der Waals surface area contributed by atoms with Gasteiger partial charge in [0, 0.05) is 49.8 Å². The van der Waals surface area contributed by atoms with E-state index in [4.69, 9.17) is 0 Å². The number of amides is 1. The first kappa shape index (κ1) is 19.3. The molecule has 0 radical (unpaired) electrons. The van der Waals surface area contributed by atoms with Crippen LogP contribution < -0.4 is 11.0 Å². The summed E-state index contributed by atoms with van der Waals surface area (Å²) in [5, 5.41) is 7.39. The molecular weight excluding hydrogens is 374 g/mol.